The minimum atomic E-state index is 0.551. The van der Waals surface area contributed by atoms with E-state index in [9.17, 15) is 0 Å². The summed E-state index contributed by atoms with van der Waals surface area (Å²) < 4.78 is 5.81. The average molecular weight is 270 g/mol. The fourth-order valence-electron chi connectivity index (χ4n) is 2.37. The van der Waals surface area contributed by atoms with Crippen molar-refractivity contribution >= 4 is 10.8 Å². The number of benzene rings is 2. The van der Waals surface area contributed by atoms with Crippen molar-refractivity contribution in [1.29, 1.82) is 0 Å². The molecule has 0 bridgehead atoms. The van der Waals surface area contributed by atoms with Crippen LogP contribution in [0.4, 0.5) is 0 Å². The van der Waals surface area contributed by atoms with E-state index in [0.29, 0.717) is 12.5 Å². The van der Waals surface area contributed by atoms with E-state index >= 15 is 0 Å². The van der Waals surface area contributed by atoms with E-state index < -0.39 is 0 Å². The Kier molecular flexibility index (Phi) is 5.19. The van der Waals surface area contributed by atoms with Gasteiger partial charge in [0.1, 0.15) is 18.9 Å². The Labute approximate surface area is 121 Å². The average Bonchev–Trinajstić information content (AvgIpc) is 2.45. The molecule has 0 radical (unpaired) electrons. The topological polar surface area (TPSA) is 25.8 Å². The van der Waals surface area contributed by atoms with Gasteiger partial charge in [-0.1, -0.05) is 56.8 Å². The lowest BCUT2D eigenvalue weighted by molar-refractivity contribution is -0.675. The smallest absolute Gasteiger partial charge is 0.129 e. The highest BCUT2D eigenvalue weighted by atomic mass is 16.5. The van der Waals surface area contributed by atoms with Crippen molar-refractivity contribution in [3.8, 4) is 5.75 Å². The van der Waals surface area contributed by atoms with Crippen molar-refractivity contribution in [1.82, 2.24) is 0 Å². The third kappa shape index (κ3) is 3.61. The van der Waals surface area contributed by atoms with Crippen LogP contribution in [0.5, 0.6) is 5.75 Å². The lowest BCUT2D eigenvalue weighted by atomic mass is 10.0. The van der Waals surface area contributed by atoms with Crippen LogP contribution in [0, 0.1) is 5.92 Å². The number of quaternary nitrogens is 1. The molecule has 0 aliphatic rings. The number of nitrogens with two attached hydrogens (primary N) is 1. The maximum absolute atomic E-state index is 5.81. The molecule has 0 aliphatic heterocycles. The van der Waals surface area contributed by atoms with Crippen molar-refractivity contribution < 1.29 is 10.1 Å². The van der Waals surface area contributed by atoms with Crippen LogP contribution in [0.2, 0.25) is 0 Å². The van der Waals surface area contributed by atoms with Gasteiger partial charge in [0, 0.05) is 5.92 Å². The van der Waals surface area contributed by atoms with Gasteiger partial charge < -0.3 is 10.1 Å². The van der Waals surface area contributed by atoms with Crippen molar-refractivity contribution in [2.75, 3.05) is 13.2 Å². The van der Waals surface area contributed by atoms with Gasteiger partial charge in [-0.15, -0.1) is 0 Å². The van der Waals surface area contributed by atoms with Gasteiger partial charge in [-0.2, -0.15) is 0 Å². The highest BCUT2D eigenvalue weighted by Crippen LogP contribution is 2.27. The van der Waals surface area contributed by atoms with E-state index in [4.69, 9.17) is 4.74 Å². The van der Waals surface area contributed by atoms with Crippen LogP contribution >= 0.6 is 0 Å². The standard InChI is InChI=1S/C18H23NO/c1-4-11-20-18-10-9-15-7-5-6-8-16(15)17(18)13-19-12-14(2)3/h4-10,14,19H,1,11-13H2,2-3H3/p+1. The van der Waals surface area contributed by atoms with Crippen molar-refractivity contribution in [2.24, 2.45) is 5.92 Å². The van der Waals surface area contributed by atoms with Gasteiger partial charge in [-0.25, -0.2) is 0 Å². The van der Waals surface area contributed by atoms with Crippen LogP contribution in [0.15, 0.2) is 49.1 Å². The molecule has 0 aliphatic carbocycles. The summed E-state index contributed by atoms with van der Waals surface area (Å²) in [6.07, 6.45) is 1.79. The zero-order valence-corrected chi connectivity index (χ0v) is 12.4. The third-order valence-electron chi connectivity index (χ3n) is 3.34. The molecule has 2 N–H and O–H groups in total. The van der Waals surface area contributed by atoms with Crippen molar-refractivity contribution in [2.45, 2.75) is 20.4 Å². The SMILES string of the molecule is C=CCOc1ccc2ccccc2c1C[NH2+]CC(C)C. The van der Waals surface area contributed by atoms with E-state index in [1.54, 1.807) is 6.08 Å². The van der Waals surface area contributed by atoms with E-state index in [1.165, 1.54) is 16.3 Å². The molecule has 2 aromatic rings. The van der Waals surface area contributed by atoms with Gasteiger partial charge in [-0.05, 0) is 16.8 Å². The molecule has 0 heterocycles. The summed E-state index contributed by atoms with van der Waals surface area (Å²) >= 11 is 0. The van der Waals surface area contributed by atoms with Crippen LogP contribution in [-0.2, 0) is 6.54 Å². The van der Waals surface area contributed by atoms with Crippen molar-refractivity contribution in [3.05, 3.63) is 54.6 Å². The zero-order chi connectivity index (χ0) is 14.4. The minimum absolute atomic E-state index is 0.551. The second kappa shape index (κ2) is 7.11. The molecule has 20 heavy (non-hydrogen) atoms. The van der Waals surface area contributed by atoms with Gasteiger partial charge >= 0.3 is 0 Å². The Hall–Kier alpha value is -1.80. The number of fused-ring (bicyclic) bond motifs is 1. The zero-order valence-electron chi connectivity index (χ0n) is 12.4. The molecule has 0 saturated carbocycles. The molecule has 0 fully saturated rings. The molecule has 2 nitrogen and oxygen atoms in total. The van der Waals surface area contributed by atoms with Gasteiger partial charge in [0.05, 0.1) is 12.1 Å². The summed E-state index contributed by atoms with van der Waals surface area (Å²) in [5.41, 5.74) is 1.28. The number of hydrogen-bond acceptors (Lipinski definition) is 1. The summed E-state index contributed by atoms with van der Waals surface area (Å²) in [5, 5.41) is 4.91. The fourth-order valence-corrected chi connectivity index (χ4v) is 2.37. The van der Waals surface area contributed by atoms with E-state index in [1.807, 2.05) is 0 Å². The highest BCUT2D eigenvalue weighted by molar-refractivity contribution is 5.87. The summed E-state index contributed by atoms with van der Waals surface area (Å²) in [6.45, 7) is 10.8. The van der Waals surface area contributed by atoms with Crippen LogP contribution in [0.3, 0.4) is 0 Å². The molecule has 0 atom stereocenters. The highest BCUT2D eigenvalue weighted by Gasteiger charge is 2.10. The minimum Gasteiger partial charge on any atom is -0.489 e. The number of rotatable bonds is 7. The molecule has 0 amide bonds. The quantitative estimate of drug-likeness (QED) is 0.769. The second-order valence-corrected chi connectivity index (χ2v) is 5.49. The Morgan fingerprint density at radius 3 is 2.75 bits per heavy atom. The lowest BCUT2D eigenvalue weighted by Gasteiger charge is -2.13. The molecular weight excluding hydrogens is 246 g/mol. The lowest BCUT2D eigenvalue weighted by Crippen LogP contribution is -2.83. The first-order valence-electron chi connectivity index (χ1n) is 7.28. The number of hydrogen-bond donors (Lipinski definition) is 1. The summed E-state index contributed by atoms with van der Waals surface area (Å²) in [5.74, 6) is 1.67. The molecule has 0 aromatic heterocycles. The van der Waals surface area contributed by atoms with E-state index in [-0.39, 0.29) is 0 Å². The Balaban J connectivity index is 2.31. The number of ether oxygens (including phenoxy) is 1. The molecule has 0 saturated heterocycles. The molecule has 106 valence electrons. The predicted octanol–water partition coefficient (Wildman–Crippen LogP) is 3.12. The largest absolute Gasteiger partial charge is 0.489 e. The maximum Gasteiger partial charge on any atom is 0.129 e. The van der Waals surface area contributed by atoms with Crippen molar-refractivity contribution in [3.63, 3.8) is 0 Å². The van der Waals surface area contributed by atoms with Crippen LogP contribution < -0.4 is 10.1 Å². The molecule has 2 aromatic carbocycles. The second-order valence-electron chi connectivity index (χ2n) is 5.49. The van der Waals surface area contributed by atoms with Crippen LogP contribution in [0.25, 0.3) is 10.8 Å². The Morgan fingerprint density at radius 1 is 1.20 bits per heavy atom. The normalized spacial score (nSPS) is 10.9. The summed E-state index contributed by atoms with van der Waals surface area (Å²) in [6, 6.07) is 12.7. The molecule has 2 rings (SSSR count). The van der Waals surface area contributed by atoms with Gasteiger partial charge in [0.25, 0.3) is 0 Å². The Morgan fingerprint density at radius 2 is 2.00 bits per heavy atom. The first kappa shape index (κ1) is 14.6. The van der Waals surface area contributed by atoms with Gasteiger partial charge in [-0.3, -0.25) is 0 Å². The first-order chi connectivity index (χ1) is 9.72. The monoisotopic (exact) mass is 270 g/mol. The van der Waals surface area contributed by atoms with E-state index in [2.05, 4.69) is 62.1 Å². The van der Waals surface area contributed by atoms with Crippen LogP contribution in [0.1, 0.15) is 19.4 Å². The Bertz CT molecular complexity index is 575. The molecule has 0 unspecified atom stereocenters. The van der Waals surface area contributed by atoms with E-state index in [0.717, 1.165) is 18.8 Å². The third-order valence-corrected chi connectivity index (χ3v) is 3.34. The first-order valence-corrected chi connectivity index (χ1v) is 7.28. The molecule has 0 spiro atoms. The van der Waals surface area contributed by atoms with Gasteiger partial charge in [0.2, 0.25) is 0 Å². The summed E-state index contributed by atoms with van der Waals surface area (Å²) in [4.78, 5) is 0. The maximum atomic E-state index is 5.81. The predicted molar refractivity (Wildman–Crippen MR) is 85.0 cm³/mol. The summed E-state index contributed by atoms with van der Waals surface area (Å²) in [7, 11) is 0. The molecular formula is C18H24NO+. The molecule has 2 heteroatoms. The van der Waals surface area contributed by atoms with Gasteiger partial charge in [0.15, 0.2) is 0 Å². The fraction of sp³-hybridized carbons (Fsp3) is 0.333. The van der Waals surface area contributed by atoms with Crippen LogP contribution in [-0.4, -0.2) is 13.2 Å².